The molecule has 8 atom stereocenters. The van der Waals surface area contributed by atoms with Gasteiger partial charge < -0.3 is 25.1 Å². The van der Waals surface area contributed by atoms with E-state index in [1.54, 1.807) is 0 Å². The van der Waals surface area contributed by atoms with E-state index in [1.807, 2.05) is 18.2 Å². The summed E-state index contributed by atoms with van der Waals surface area (Å²) >= 11 is 0. The Morgan fingerprint density at radius 2 is 1.68 bits per heavy atom. The highest BCUT2D eigenvalue weighted by atomic mass is 31.2. The lowest BCUT2D eigenvalue weighted by Crippen LogP contribution is -2.63. The molecule has 1 aromatic rings. The van der Waals surface area contributed by atoms with Gasteiger partial charge in [0.05, 0.1) is 24.1 Å². The molecule has 1 aromatic carbocycles. The molecule has 8 unspecified atom stereocenters. The van der Waals surface area contributed by atoms with Crippen molar-refractivity contribution in [1.29, 1.82) is 0 Å². The summed E-state index contributed by atoms with van der Waals surface area (Å²) in [5, 5.41) is 14.7. The number of fused-ring (bicyclic) bond motifs is 4. The molecule has 6 aliphatic rings. The zero-order chi connectivity index (χ0) is 25.3. The molecule has 0 radical (unpaired) electrons. The normalized spacial score (nSPS) is 42.1. The van der Waals surface area contributed by atoms with Crippen molar-refractivity contribution in [2.75, 3.05) is 22.9 Å². The molecule has 3 aliphatic heterocycles. The quantitative estimate of drug-likeness (QED) is 0.428. The summed E-state index contributed by atoms with van der Waals surface area (Å²) in [6.45, 7) is -0.0186. The number of anilines is 2. The van der Waals surface area contributed by atoms with Crippen molar-refractivity contribution in [2.24, 2.45) is 28.7 Å². The third kappa shape index (κ3) is 4.47. The van der Waals surface area contributed by atoms with Gasteiger partial charge in [0.15, 0.2) is 12.1 Å². The Bertz CT molecular complexity index is 1090. The number of aliphatic imine (C=N–C) groups is 1. The van der Waals surface area contributed by atoms with Gasteiger partial charge in [-0.25, -0.2) is 0 Å². The molecule has 7 rings (SSSR count). The molecule has 3 saturated carbocycles. The first-order valence-corrected chi connectivity index (χ1v) is 16.3. The lowest BCUT2D eigenvalue weighted by molar-refractivity contribution is -0.0383. The van der Waals surface area contributed by atoms with Crippen molar-refractivity contribution >= 4 is 24.8 Å². The number of piperidine rings is 2. The fourth-order valence-corrected chi connectivity index (χ4v) is 9.69. The summed E-state index contributed by atoms with van der Waals surface area (Å²) in [7, 11) is -4.14. The molecule has 2 saturated heterocycles. The predicted octanol–water partition coefficient (Wildman–Crippen LogP) is 4.02. The smallest absolute Gasteiger partial charge is 0.327 e. The van der Waals surface area contributed by atoms with Gasteiger partial charge in [-0.1, -0.05) is 18.6 Å². The number of nitrogens with one attached hydrogen (secondary N) is 1. The molecule has 3 heterocycles. The monoisotopic (exact) mass is 528 g/mol. The van der Waals surface area contributed by atoms with E-state index in [0.29, 0.717) is 17.9 Å². The van der Waals surface area contributed by atoms with Gasteiger partial charge in [0.1, 0.15) is 0 Å². The number of benzene rings is 1. The number of hydrogen-bond acceptors (Lipinski definition) is 5. The van der Waals surface area contributed by atoms with Crippen LogP contribution in [0.1, 0.15) is 64.2 Å². The average Bonchev–Trinajstić information content (AvgIpc) is 3.06. The maximum absolute atomic E-state index is 11.5. The van der Waals surface area contributed by atoms with Crippen molar-refractivity contribution in [3.63, 3.8) is 0 Å². The Morgan fingerprint density at radius 1 is 0.919 bits per heavy atom. The summed E-state index contributed by atoms with van der Waals surface area (Å²) in [6.07, 6.45) is 11.9. The van der Waals surface area contributed by atoms with Crippen LogP contribution in [0.2, 0.25) is 0 Å². The van der Waals surface area contributed by atoms with Crippen LogP contribution in [-0.4, -0.2) is 68.7 Å². The van der Waals surface area contributed by atoms with E-state index in [0.717, 1.165) is 53.9 Å². The number of nitrogens with zero attached hydrogens (tertiary/aromatic N) is 3. The summed E-state index contributed by atoms with van der Waals surface area (Å²) in [4.78, 5) is 28.1. The molecule has 0 spiro atoms. The molecule has 4 bridgehead atoms. The van der Waals surface area contributed by atoms with Gasteiger partial charge in [-0.2, -0.15) is 0 Å². The highest BCUT2D eigenvalue weighted by molar-refractivity contribution is 7.51. The van der Waals surface area contributed by atoms with E-state index in [9.17, 15) is 19.5 Å². The first kappa shape index (κ1) is 24.6. The van der Waals surface area contributed by atoms with Gasteiger partial charge in [0, 0.05) is 24.2 Å². The number of para-hydroxylation sites is 2. The second-order valence-corrected chi connectivity index (χ2v) is 14.5. The van der Waals surface area contributed by atoms with Crippen LogP contribution in [0.25, 0.3) is 0 Å². The molecule has 3 aliphatic carbocycles. The molecule has 0 amide bonds. The van der Waals surface area contributed by atoms with Gasteiger partial charge >= 0.3 is 7.60 Å². The third-order valence-electron chi connectivity index (χ3n) is 10.7. The van der Waals surface area contributed by atoms with Crippen LogP contribution in [0.15, 0.2) is 29.3 Å². The topological polar surface area (TPSA) is 109 Å². The van der Waals surface area contributed by atoms with E-state index in [-0.39, 0.29) is 18.7 Å². The van der Waals surface area contributed by atoms with E-state index in [4.69, 9.17) is 0 Å². The summed E-state index contributed by atoms with van der Waals surface area (Å²) < 4.78 is 11.4. The fraction of sp³-hybridized carbons (Fsp3) is 0.750. The summed E-state index contributed by atoms with van der Waals surface area (Å²) in [5.74, 6) is 4.38. The average molecular weight is 529 g/mol. The van der Waals surface area contributed by atoms with Crippen LogP contribution in [0, 0.1) is 23.7 Å². The lowest BCUT2D eigenvalue weighted by Gasteiger charge is -2.56. The maximum Gasteiger partial charge on any atom is 0.327 e. The van der Waals surface area contributed by atoms with Crippen LogP contribution in [0.4, 0.5) is 11.4 Å². The Hall–Kier alpha value is -1.44. The molecular weight excluding hydrogens is 487 g/mol. The predicted molar refractivity (Wildman–Crippen MR) is 145 cm³/mol. The first-order valence-electron chi connectivity index (χ1n) is 14.5. The molecule has 202 valence electrons. The van der Waals surface area contributed by atoms with E-state index < -0.39 is 13.8 Å². The Kier molecular flexibility index (Phi) is 6.21. The molecule has 5 fully saturated rings. The minimum atomic E-state index is -4.14. The van der Waals surface area contributed by atoms with Gasteiger partial charge in [0.2, 0.25) is 0 Å². The van der Waals surface area contributed by atoms with Crippen molar-refractivity contribution in [3.8, 4) is 0 Å². The maximum atomic E-state index is 11.5. The van der Waals surface area contributed by atoms with Gasteiger partial charge in [0.25, 0.3) is 0 Å². The second kappa shape index (κ2) is 9.34. The van der Waals surface area contributed by atoms with Gasteiger partial charge in [-0.3, -0.25) is 14.5 Å². The Morgan fingerprint density at radius 3 is 2.46 bits per heavy atom. The minimum absolute atomic E-state index is 0.0186. The highest BCUT2D eigenvalue weighted by Crippen LogP contribution is 2.59. The van der Waals surface area contributed by atoms with Crippen molar-refractivity contribution in [1.82, 2.24) is 4.90 Å². The summed E-state index contributed by atoms with van der Waals surface area (Å²) in [5.41, 5.74) is 1.89. The van der Waals surface area contributed by atoms with Crippen molar-refractivity contribution in [3.05, 3.63) is 24.3 Å². The molecule has 37 heavy (non-hydrogen) atoms. The van der Waals surface area contributed by atoms with Gasteiger partial charge in [-0.05, 0) is 93.6 Å². The molecule has 4 N–H and O–H groups in total. The zero-order valence-electron chi connectivity index (χ0n) is 21.5. The number of amidine groups is 1. The van der Waals surface area contributed by atoms with E-state index in [2.05, 4.69) is 26.2 Å². The molecular formula is C28H41N4O4P. The van der Waals surface area contributed by atoms with Crippen LogP contribution < -0.4 is 10.2 Å². The highest BCUT2D eigenvalue weighted by Gasteiger charge is 2.53. The van der Waals surface area contributed by atoms with E-state index >= 15 is 0 Å². The lowest BCUT2D eigenvalue weighted by atomic mass is 9.64. The molecule has 8 nitrogen and oxygen atoms in total. The Balaban J connectivity index is 1.13. The number of hydrogen-bond donors (Lipinski definition) is 4. The largest absolute Gasteiger partial charge is 0.367 e. The van der Waals surface area contributed by atoms with Crippen molar-refractivity contribution < 1.29 is 19.5 Å². The van der Waals surface area contributed by atoms with Crippen LogP contribution in [0.5, 0.6) is 0 Å². The van der Waals surface area contributed by atoms with Crippen LogP contribution >= 0.6 is 7.60 Å². The number of rotatable bonds is 5. The standard InChI is InChI=1S/C28H41N4O4P/c33-28-27(29-8-9-37(34,35)36)30-25-6-1-2-7-26(25)32(28)23-15-20-4-3-5-21(16-23)31(20)22-11-17-10-18-13-19(14-22)24(18)12-17/h1-2,6-7,17-24,28,33H,3-5,8-16H2,(H,29,30)(H2,34,35,36). The fourth-order valence-electron chi connectivity index (χ4n) is 9.33. The third-order valence-corrected chi connectivity index (χ3v) is 11.5. The first-order chi connectivity index (χ1) is 17.8. The number of aliphatic hydroxyl groups excluding tert-OH is 1. The van der Waals surface area contributed by atoms with Crippen LogP contribution in [-0.2, 0) is 4.57 Å². The zero-order valence-corrected chi connectivity index (χ0v) is 22.4. The molecule has 0 aromatic heterocycles. The summed E-state index contributed by atoms with van der Waals surface area (Å²) in [6, 6.07) is 10.1. The van der Waals surface area contributed by atoms with Crippen LogP contribution in [0.3, 0.4) is 0 Å². The minimum Gasteiger partial charge on any atom is -0.367 e. The Labute approximate surface area is 219 Å². The molecule has 9 heteroatoms. The van der Waals surface area contributed by atoms with Crippen molar-refractivity contribution in [2.45, 2.75) is 94.6 Å². The van der Waals surface area contributed by atoms with Gasteiger partial charge in [-0.15, -0.1) is 0 Å². The SMILES string of the molecule is O=P(O)(O)CCN=C1Nc2ccccc2N(C2CC3CCCC(C2)N3C2CC3CC4CC(C2)C4C3)C1O. The van der Waals surface area contributed by atoms with E-state index in [1.165, 1.54) is 51.4 Å². The number of aliphatic hydroxyl groups is 1. The second-order valence-electron chi connectivity index (χ2n) is 12.8.